The van der Waals surface area contributed by atoms with Gasteiger partial charge in [0.2, 0.25) is 5.91 Å². The minimum atomic E-state index is 0.136. The summed E-state index contributed by atoms with van der Waals surface area (Å²) in [5.74, 6) is 1.37. The zero-order chi connectivity index (χ0) is 12.6. The molecule has 4 heteroatoms. The molecule has 0 atom stereocenters. The molecule has 16 heavy (non-hydrogen) atoms. The van der Waals surface area contributed by atoms with Gasteiger partial charge in [-0.15, -0.1) is 0 Å². The van der Waals surface area contributed by atoms with Gasteiger partial charge in [-0.2, -0.15) is 11.8 Å². The molecule has 0 aliphatic carbocycles. The highest BCUT2D eigenvalue weighted by Crippen LogP contribution is 1.92. The average molecular weight is 248 g/mol. The molecular formula is C12H28N2OS. The van der Waals surface area contributed by atoms with Crippen molar-refractivity contribution < 1.29 is 4.79 Å². The van der Waals surface area contributed by atoms with E-state index in [-0.39, 0.29) is 5.91 Å². The number of nitrogens with two attached hydrogens (primary N) is 1. The molecule has 0 aromatic carbocycles. The van der Waals surface area contributed by atoms with Crippen LogP contribution in [0, 0.1) is 0 Å². The molecule has 3 nitrogen and oxygen atoms in total. The van der Waals surface area contributed by atoms with Gasteiger partial charge in [0.1, 0.15) is 0 Å². The van der Waals surface area contributed by atoms with Crippen LogP contribution in [-0.2, 0) is 4.79 Å². The Bertz CT molecular complexity index is 141. The van der Waals surface area contributed by atoms with Crippen LogP contribution in [0.15, 0.2) is 0 Å². The van der Waals surface area contributed by atoms with Crippen LogP contribution >= 0.6 is 11.8 Å². The van der Waals surface area contributed by atoms with Crippen molar-refractivity contribution in [1.29, 1.82) is 0 Å². The molecule has 0 fully saturated rings. The van der Waals surface area contributed by atoms with Gasteiger partial charge >= 0.3 is 0 Å². The quantitative estimate of drug-likeness (QED) is 0.649. The van der Waals surface area contributed by atoms with Crippen molar-refractivity contribution in [3.63, 3.8) is 0 Å². The fourth-order valence-electron chi connectivity index (χ4n) is 0.954. The number of carbonyl (C=O) groups is 1. The Labute approximate surface area is 105 Å². The van der Waals surface area contributed by atoms with E-state index in [1.807, 2.05) is 11.8 Å². The van der Waals surface area contributed by atoms with E-state index in [0.717, 1.165) is 19.4 Å². The molecule has 0 saturated carbocycles. The Morgan fingerprint density at radius 2 is 1.88 bits per heavy atom. The molecular weight excluding hydrogens is 220 g/mol. The second kappa shape index (κ2) is 17.2. The normalized spacial score (nSPS) is 9.25. The Hall–Kier alpha value is -0.220. The van der Waals surface area contributed by atoms with E-state index >= 15 is 0 Å². The molecule has 1 amide bonds. The molecule has 0 heterocycles. The number of nitrogens with one attached hydrogen (secondary N) is 1. The average Bonchev–Trinajstić information content (AvgIpc) is 2.32. The fourth-order valence-corrected chi connectivity index (χ4v) is 0.954. The molecule has 0 unspecified atom stereocenters. The molecule has 3 N–H and O–H groups in total. The summed E-state index contributed by atoms with van der Waals surface area (Å²) in [5, 5.41) is 2.86. The van der Waals surface area contributed by atoms with Crippen molar-refractivity contribution in [2.24, 2.45) is 5.73 Å². The largest absolute Gasteiger partial charge is 0.356 e. The smallest absolute Gasteiger partial charge is 0.220 e. The monoisotopic (exact) mass is 248 g/mol. The third-order valence-electron chi connectivity index (χ3n) is 2.00. The first-order chi connectivity index (χ1) is 7.72. The molecule has 0 aliphatic heterocycles. The number of rotatable bonds is 8. The van der Waals surface area contributed by atoms with Crippen LogP contribution in [0.2, 0.25) is 0 Å². The first-order valence-corrected chi connectivity index (χ1v) is 7.57. The van der Waals surface area contributed by atoms with Crippen LogP contribution in [0.4, 0.5) is 0 Å². The topological polar surface area (TPSA) is 55.1 Å². The summed E-state index contributed by atoms with van der Waals surface area (Å²) < 4.78 is 0. The fraction of sp³-hybridized carbons (Fsp3) is 0.917. The summed E-state index contributed by atoms with van der Waals surface area (Å²) in [5.41, 5.74) is 5.27. The zero-order valence-corrected chi connectivity index (χ0v) is 11.9. The molecule has 0 radical (unpaired) electrons. The van der Waals surface area contributed by atoms with Gasteiger partial charge in [0, 0.05) is 13.0 Å². The number of hydrogen-bond acceptors (Lipinski definition) is 3. The van der Waals surface area contributed by atoms with Crippen molar-refractivity contribution in [1.82, 2.24) is 5.32 Å². The van der Waals surface area contributed by atoms with Gasteiger partial charge in [0.25, 0.3) is 0 Å². The van der Waals surface area contributed by atoms with Crippen LogP contribution < -0.4 is 11.1 Å². The maximum atomic E-state index is 11.0. The summed E-state index contributed by atoms with van der Waals surface area (Å²) in [6.07, 6.45) is 6.93. The Kier molecular flexibility index (Phi) is 19.5. The van der Waals surface area contributed by atoms with Crippen LogP contribution in [0.25, 0.3) is 0 Å². The predicted octanol–water partition coefficient (Wildman–Crippen LogP) is 2.40. The van der Waals surface area contributed by atoms with Crippen molar-refractivity contribution in [2.45, 2.75) is 46.0 Å². The number of carbonyl (C=O) groups excluding carboxylic acids is 1. The maximum absolute atomic E-state index is 11.0. The lowest BCUT2D eigenvalue weighted by Crippen LogP contribution is -2.24. The van der Waals surface area contributed by atoms with Gasteiger partial charge in [-0.1, -0.05) is 26.7 Å². The first-order valence-electron chi connectivity index (χ1n) is 6.18. The summed E-state index contributed by atoms with van der Waals surface area (Å²) >= 11 is 1.86. The van der Waals surface area contributed by atoms with Crippen molar-refractivity contribution in [3.8, 4) is 0 Å². The Balaban J connectivity index is 0. The van der Waals surface area contributed by atoms with Crippen molar-refractivity contribution in [2.75, 3.05) is 25.1 Å². The number of thioether (sulfide) groups is 1. The standard InChI is InChI=1S/C9H20N2O.C3H8S/c1-2-3-4-8-11-9(12)6-5-7-10;1-3-4-2/h2-8,10H2,1H3,(H,11,12);3H2,1-2H3. The summed E-state index contributed by atoms with van der Waals surface area (Å²) in [7, 11) is 0. The number of amides is 1. The minimum Gasteiger partial charge on any atom is -0.356 e. The molecule has 0 spiro atoms. The molecule has 0 aromatic rings. The molecule has 0 saturated heterocycles. The first kappa shape index (κ1) is 18.2. The molecule has 0 aromatic heterocycles. The van der Waals surface area contributed by atoms with Crippen molar-refractivity contribution >= 4 is 17.7 Å². The number of unbranched alkanes of at least 4 members (excludes halogenated alkanes) is 2. The number of hydrogen-bond donors (Lipinski definition) is 2. The lowest BCUT2D eigenvalue weighted by molar-refractivity contribution is -0.121. The van der Waals surface area contributed by atoms with E-state index in [2.05, 4.69) is 25.4 Å². The van der Waals surface area contributed by atoms with Gasteiger partial charge in [-0.05, 0) is 31.4 Å². The zero-order valence-electron chi connectivity index (χ0n) is 11.1. The van der Waals surface area contributed by atoms with Gasteiger partial charge in [0.15, 0.2) is 0 Å². The Morgan fingerprint density at radius 1 is 1.25 bits per heavy atom. The van der Waals surface area contributed by atoms with Gasteiger partial charge in [0.05, 0.1) is 0 Å². The minimum absolute atomic E-state index is 0.136. The lowest BCUT2D eigenvalue weighted by atomic mass is 10.2. The van der Waals surface area contributed by atoms with E-state index in [9.17, 15) is 4.79 Å². The van der Waals surface area contributed by atoms with E-state index < -0.39 is 0 Å². The van der Waals surface area contributed by atoms with Crippen LogP contribution in [-0.4, -0.2) is 31.0 Å². The Morgan fingerprint density at radius 3 is 2.31 bits per heavy atom. The van der Waals surface area contributed by atoms with Crippen molar-refractivity contribution in [3.05, 3.63) is 0 Å². The van der Waals surface area contributed by atoms with Crippen LogP contribution in [0.3, 0.4) is 0 Å². The SMILES string of the molecule is CCCCCNC(=O)CCCN.CCSC. The lowest BCUT2D eigenvalue weighted by Gasteiger charge is -2.02. The predicted molar refractivity (Wildman–Crippen MR) is 74.9 cm³/mol. The third-order valence-corrected chi connectivity index (χ3v) is 2.58. The van der Waals surface area contributed by atoms with Gasteiger partial charge in [-0.25, -0.2) is 0 Å². The summed E-state index contributed by atoms with van der Waals surface area (Å²) in [6.45, 7) is 5.71. The summed E-state index contributed by atoms with van der Waals surface area (Å²) in [6, 6.07) is 0. The van der Waals surface area contributed by atoms with E-state index in [1.54, 1.807) is 0 Å². The van der Waals surface area contributed by atoms with Gasteiger partial charge < -0.3 is 11.1 Å². The second-order valence-corrected chi connectivity index (χ2v) is 4.68. The van der Waals surface area contributed by atoms with Gasteiger partial charge in [-0.3, -0.25) is 4.79 Å². The van der Waals surface area contributed by atoms with Crippen LogP contribution in [0.5, 0.6) is 0 Å². The van der Waals surface area contributed by atoms with E-state index in [0.29, 0.717) is 13.0 Å². The molecule has 0 rings (SSSR count). The highest BCUT2D eigenvalue weighted by atomic mass is 32.2. The maximum Gasteiger partial charge on any atom is 0.220 e. The second-order valence-electron chi connectivity index (χ2n) is 3.53. The highest BCUT2D eigenvalue weighted by molar-refractivity contribution is 7.98. The molecule has 0 bridgehead atoms. The van der Waals surface area contributed by atoms with Crippen LogP contribution in [0.1, 0.15) is 46.0 Å². The highest BCUT2D eigenvalue weighted by Gasteiger charge is 1.97. The molecule has 98 valence electrons. The van der Waals surface area contributed by atoms with E-state index in [4.69, 9.17) is 5.73 Å². The molecule has 0 aliphatic rings. The third kappa shape index (κ3) is 19.4. The summed E-state index contributed by atoms with van der Waals surface area (Å²) in [4.78, 5) is 11.0. The van der Waals surface area contributed by atoms with E-state index in [1.165, 1.54) is 18.6 Å².